The lowest BCUT2D eigenvalue weighted by Crippen LogP contribution is -2.43. The Kier molecular flexibility index (Phi) is 7.86. The van der Waals surface area contributed by atoms with Gasteiger partial charge < -0.3 is 29.9 Å². The Labute approximate surface area is 235 Å². The van der Waals surface area contributed by atoms with Gasteiger partial charge in [-0.2, -0.15) is 0 Å². The van der Waals surface area contributed by atoms with Gasteiger partial charge >= 0.3 is 23.9 Å². The Morgan fingerprint density at radius 2 is 1.00 bits per heavy atom. The number of ether oxygens (including phenoxy) is 2. The molecule has 0 fully saturated rings. The van der Waals surface area contributed by atoms with Gasteiger partial charge in [0, 0.05) is 0 Å². The van der Waals surface area contributed by atoms with Crippen molar-refractivity contribution in [3.8, 4) is 0 Å². The fourth-order valence-corrected chi connectivity index (χ4v) is 4.75. The quantitative estimate of drug-likeness (QED) is 0.229. The number of rotatable bonds is 11. The Hall–Kier alpha value is -5.12. The van der Waals surface area contributed by atoms with Crippen molar-refractivity contribution >= 4 is 23.9 Å². The van der Waals surface area contributed by atoms with Gasteiger partial charge in [-0.15, -0.1) is 0 Å². The second-order valence-corrected chi connectivity index (χ2v) is 9.95. The standard InChI is InChI=1S/C31H28O10/c1-29(20-8-4-2-5-9-20,21-10-6-3-7-11-21)28(40-22-12-16-30(17-13-22,24(32)33)25(34)35)41-23-14-18-31(19-15-23,26(36)37)27(38)39/h2-16,18,28H,17,19H2,1H3,(H,32,33)(H,34,35)(H,36,37)(H,38,39). The molecule has 0 heterocycles. The van der Waals surface area contributed by atoms with E-state index >= 15 is 0 Å². The summed E-state index contributed by atoms with van der Waals surface area (Å²) in [6.45, 7) is 1.88. The topological polar surface area (TPSA) is 168 Å². The highest BCUT2D eigenvalue weighted by Crippen LogP contribution is 2.42. The second-order valence-electron chi connectivity index (χ2n) is 9.95. The Bertz CT molecular complexity index is 1330. The lowest BCUT2D eigenvalue weighted by molar-refractivity contribution is -0.162. The normalized spacial score (nSPS) is 17.2. The van der Waals surface area contributed by atoms with Crippen molar-refractivity contribution in [3.63, 3.8) is 0 Å². The van der Waals surface area contributed by atoms with E-state index in [9.17, 15) is 39.6 Å². The van der Waals surface area contributed by atoms with Crippen molar-refractivity contribution < 1.29 is 49.1 Å². The summed E-state index contributed by atoms with van der Waals surface area (Å²) in [6, 6.07) is 18.6. The number of benzene rings is 2. The van der Waals surface area contributed by atoms with Crippen LogP contribution in [0.2, 0.25) is 0 Å². The summed E-state index contributed by atoms with van der Waals surface area (Å²) in [5.41, 5.74) is -3.73. The maximum atomic E-state index is 11.8. The van der Waals surface area contributed by atoms with Crippen LogP contribution in [0.3, 0.4) is 0 Å². The van der Waals surface area contributed by atoms with Crippen LogP contribution >= 0.6 is 0 Å². The van der Waals surface area contributed by atoms with Gasteiger partial charge in [-0.1, -0.05) is 72.8 Å². The molecule has 2 aromatic carbocycles. The second kappa shape index (κ2) is 11.2. The van der Waals surface area contributed by atoms with Gasteiger partial charge in [0.05, 0.1) is 5.41 Å². The number of aliphatic carboxylic acids is 4. The third-order valence-corrected chi connectivity index (χ3v) is 7.55. The summed E-state index contributed by atoms with van der Waals surface area (Å²) >= 11 is 0. The number of carboxylic acid groups (broad SMARTS) is 4. The van der Waals surface area contributed by atoms with E-state index in [2.05, 4.69) is 0 Å². The van der Waals surface area contributed by atoms with Gasteiger partial charge in [0.2, 0.25) is 0 Å². The molecule has 2 aliphatic carbocycles. The number of hydrogen-bond acceptors (Lipinski definition) is 6. The highest BCUT2D eigenvalue weighted by Gasteiger charge is 2.48. The fraction of sp³-hybridized carbons (Fsp3) is 0.226. The van der Waals surface area contributed by atoms with Crippen LogP contribution in [0, 0.1) is 10.8 Å². The first-order valence-corrected chi connectivity index (χ1v) is 12.6. The Morgan fingerprint density at radius 3 is 1.27 bits per heavy atom. The minimum atomic E-state index is -2.14. The molecule has 0 amide bonds. The summed E-state index contributed by atoms with van der Waals surface area (Å²) in [5, 5.41) is 38.3. The van der Waals surface area contributed by atoms with Crippen molar-refractivity contribution in [2.24, 2.45) is 10.8 Å². The van der Waals surface area contributed by atoms with Crippen LogP contribution in [-0.2, 0) is 34.1 Å². The molecule has 41 heavy (non-hydrogen) atoms. The number of carbonyl (C=O) groups is 4. The molecular weight excluding hydrogens is 532 g/mol. The minimum absolute atomic E-state index is 0.164. The molecule has 0 radical (unpaired) electrons. The van der Waals surface area contributed by atoms with E-state index in [1.807, 2.05) is 67.6 Å². The van der Waals surface area contributed by atoms with E-state index < -0.39 is 46.4 Å². The predicted molar refractivity (Wildman–Crippen MR) is 144 cm³/mol. The Morgan fingerprint density at radius 1 is 0.659 bits per heavy atom. The zero-order valence-electron chi connectivity index (χ0n) is 22.0. The van der Waals surface area contributed by atoms with E-state index in [0.29, 0.717) is 0 Å². The third-order valence-electron chi connectivity index (χ3n) is 7.55. The van der Waals surface area contributed by atoms with Crippen LogP contribution in [0.15, 0.2) is 109 Å². The monoisotopic (exact) mass is 560 g/mol. The molecule has 10 heteroatoms. The van der Waals surface area contributed by atoms with Crippen LogP contribution < -0.4 is 0 Å². The fourth-order valence-electron chi connectivity index (χ4n) is 4.75. The van der Waals surface area contributed by atoms with Crippen molar-refractivity contribution in [2.45, 2.75) is 31.5 Å². The van der Waals surface area contributed by atoms with Crippen molar-refractivity contribution in [3.05, 3.63) is 120 Å². The summed E-state index contributed by atoms with van der Waals surface area (Å²) in [4.78, 5) is 47.0. The molecule has 0 unspecified atom stereocenters. The van der Waals surface area contributed by atoms with Gasteiger partial charge in [0.25, 0.3) is 6.29 Å². The lowest BCUT2D eigenvalue weighted by atomic mass is 9.75. The molecule has 0 aliphatic heterocycles. The highest BCUT2D eigenvalue weighted by molar-refractivity contribution is 6.01. The summed E-state index contributed by atoms with van der Waals surface area (Å²) in [6.07, 6.45) is 5.47. The molecule has 212 valence electrons. The van der Waals surface area contributed by atoms with E-state index in [4.69, 9.17) is 9.47 Å². The smallest absolute Gasteiger partial charge is 0.325 e. The lowest BCUT2D eigenvalue weighted by Gasteiger charge is -2.39. The maximum Gasteiger partial charge on any atom is 0.325 e. The molecule has 0 atom stereocenters. The van der Waals surface area contributed by atoms with Gasteiger partial charge in [-0.3, -0.25) is 19.2 Å². The van der Waals surface area contributed by atoms with Gasteiger partial charge in [-0.05, 0) is 55.2 Å². The molecule has 0 saturated carbocycles. The molecule has 4 rings (SSSR count). The number of allylic oxidation sites excluding steroid dienone is 4. The largest absolute Gasteiger partial charge is 0.480 e. The average molecular weight is 561 g/mol. The van der Waals surface area contributed by atoms with E-state index in [1.165, 1.54) is 24.3 Å². The zero-order chi connectivity index (χ0) is 29.8. The predicted octanol–water partition coefficient (Wildman–Crippen LogP) is 4.35. The zero-order valence-corrected chi connectivity index (χ0v) is 22.0. The molecule has 2 aromatic rings. The molecule has 2 aliphatic rings. The Balaban J connectivity index is 1.77. The first-order valence-electron chi connectivity index (χ1n) is 12.6. The molecule has 4 N–H and O–H groups in total. The molecule has 0 bridgehead atoms. The maximum absolute atomic E-state index is 11.8. The molecule has 0 saturated heterocycles. The minimum Gasteiger partial charge on any atom is -0.480 e. The van der Waals surface area contributed by atoms with Crippen LogP contribution in [0.25, 0.3) is 0 Å². The van der Waals surface area contributed by atoms with Gasteiger partial charge in [-0.25, -0.2) is 0 Å². The number of hydrogen-bond donors (Lipinski definition) is 4. The van der Waals surface area contributed by atoms with Crippen LogP contribution in [0.1, 0.15) is 30.9 Å². The van der Waals surface area contributed by atoms with Crippen LogP contribution in [0.4, 0.5) is 0 Å². The summed E-state index contributed by atoms with van der Waals surface area (Å²) in [5.74, 6) is -5.73. The van der Waals surface area contributed by atoms with Crippen LogP contribution in [-0.4, -0.2) is 50.6 Å². The average Bonchev–Trinajstić information content (AvgIpc) is 2.97. The molecular formula is C31H28O10. The summed E-state index contributed by atoms with van der Waals surface area (Å²) in [7, 11) is 0. The van der Waals surface area contributed by atoms with Gasteiger partial charge in [0.1, 0.15) is 11.5 Å². The third kappa shape index (κ3) is 5.23. The highest BCUT2D eigenvalue weighted by atomic mass is 16.7. The van der Waals surface area contributed by atoms with E-state index in [-0.39, 0.29) is 24.4 Å². The van der Waals surface area contributed by atoms with E-state index in [0.717, 1.165) is 23.3 Å². The first-order chi connectivity index (χ1) is 19.5. The molecule has 0 spiro atoms. The van der Waals surface area contributed by atoms with Crippen molar-refractivity contribution in [2.75, 3.05) is 0 Å². The van der Waals surface area contributed by atoms with E-state index in [1.54, 1.807) is 0 Å². The number of carboxylic acids is 4. The summed E-state index contributed by atoms with van der Waals surface area (Å²) < 4.78 is 12.7. The van der Waals surface area contributed by atoms with Crippen molar-refractivity contribution in [1.29, 1.82) is 0 Å². The SMILES string of the molecule is CC(c1ccccc1)(c1ccccc1)C(OC1=CCC(C(=O)O)(C(=O)O)C=C1)OC1=CCC(C(=O)O)(C(=O)O)C=C1. The van der Waals surface area contributed by atoms with Gasteiger partial charge in [0.15, 0.2) is 10.8 Å². The molecule has 10 nitrogen and oxygen atoms in total. The van der Waals surface area contributed by atoms with Crippen molar-refractivity contribution in [1.82, 2.24) is 0 Å². The molecule has 0 aromatic heterocycles. The first kappa shape index (κ1) is 28.9. The van der Waals surface area contributed by atoms with Crippen LogP contribution in [0.5, 0.6) is 0 Å².